The smallest absolute Gasteiger partial charge is 0.261 e. The fourth-order valence-corrected chi connectivity index (χ4v) is 4.22. The van der Waals surface area contributed by atoms with Gasteiger partial charge in [0.1, 0.15) is 5.82 Å². The SMILES string of the molecule is CNCC1CCN(C(=O)c2ccc(NS(=O)(=O)c3ccc(F)cc3)cc2)C1. The average molecular weight is 391 g/mol. The van der Waals surface area contributed by atoms with E-state index in [1.165, 1.54) is 12.1 Å². The first-order valence-corrected chi connectivity index (χ1v) is 10.2. The van der Waals surface area contributed by atoms with Gasteiger partial charge in [0, 0.05) is 24.3 Å². The van der Waals surface area contributed by atoms with Gasteiger partial charge in [-0.1, -0.05) is 0 Å². The Hall–Kier alpha value is -2.45. The summed E-state index contributed by atoms with van der Waals surface area (Å²) in [5.41, 5.74) is 0.857. The Morgan fingerprint density at radius 2 is 1.81 bits per heavy atom. The molecule has 0 aliphatic carbocycles. The van der Waals surface area contributed by atoms with Gasteiger partial charge in [-0.25, -0.2) is 12.8 Å². The van der Waals surface area contributed by atoms with E-state index in [1.807, 2.05) is 11.9 Å². The molecule has 1 aliphatic rings. The second-order valence-electron chi connectivity index (χ2n) is 6.60. The molecule has 6 nitrogen and oxygen atoms in total. The lowest BCUT2D eigenvalue weighted by Crippen LogP contribution is -2.30. The quantitative estimate of drug-likeness (QED) is 0.792. The van der Waals surface area contributed by atoms with Crippen molar-refractivity contribution in [1.82, 2.24) is 10.2 Å². The zero-order chi connectivity index (χ0) is 19.4. The summed E-state index contributed by atoms with van der Waals surface area (Å²) in [7, 11) is -1.91. The second-order valence-corrected chi connectivity index (χ2v) is 8.28. The Morgan fingerprint density at radius 1 is 1.15 bits per heavy atom. The third kappa shape index (κ3) is 4.64. The summed E-state index contributed by atoms with van der Waals surface area (Å²) >= 11 is 0. The first-order chi connectivity index (χ1) is 12.9. The molecule has 27 heavy (non-hydrogen) atoms. The highest BCUT2D eigenvalue weighted by Gasteiger charge is 2.26. The number of anilines is 1. The molecule has 1 heterocycles. The zero-order valence-electron chi connectivity index (χ0n) is 15.0. The van der Waals surface area contributed by atoms with Crippen molar-refractivity contribution in [3.8, 4) is 0 Å². The highest BCUT2D eigenvalue weighted by atomic mass is 32.2. The van der Waals surface area contributed by atoms with Crippen LogP contribution in [0.4, 0.5) is 10.1 Å². The molecule has 144 valence electrons. The number of benzene rings is 2. The second kappa shape index (κ2) is 8.06. The van der Waals surface area contributed by atoms with E-state index in [2.05, 4.69) is 10.0 Å². The van der Waals surface area contributed by atoms with E-state index in [1.54, 1.807) is 24.3 Å². The number of halogens is 1. The maximum Gasteiger partial charge on any atom is 0.261 e. The fraction of sp³-hybridized carbons (Fsp3) is 0.316. The number of nitrogens with one attached hydrogen (secondary N) is 2. The van der Waals surface area contributed by atoms with Crippen molar-refractivity contribution in [2.75, 3.05) is 31.4 Å². The Balaban J connectivity index is 1.66. The molecule has 2 N–H and O–H groups in total. The van der Waals surface area contributed by atoms with E-state index >= 15 is 0 Å². The van der Waals surface area contributed by atoms with Crippen LogP contribution in [0.2, 0.25) is 0 Å². The first kappa shape index (κ1) is 19.3. The van der Waals surface area contributed by atoms with Crippen LogP contribution >= 0.6 is 0 Å². The van der Waals surface area contributed by atoms with Crippen LogP contribution in [-0.2, 0) is 10.0 Å². The Bertz CT molecular complexity index is 899. The molecule has 1 saturated heterocycles. The highest BCUT2D eigenvalue weighted by molar-refractivity contribution is 7.92. The maximum atomic E-state index is 13.0. The van der Waals surface area contributed by atoms with Crippen LogP contribution < -0.4 is 10.0 Å². The van der Waals surface area contributed by atoms with Crippen molar-refractivity contribution in [3.05, 3.63) is 59.9 Å². The van der Waals surface area contributed by atoms with Gasteiger partial charge in [-0.3, -0.25) is 9.52 Å². The molecule has 1 amide bonds. The van der Waals surface area contributed by atoms with Crippen LogP contribution in [-0.4, -0.2) is 45.9 Å². The summed E-state index contributed by atoms with van der Waals surface area (Å²) in [5.74, 6) is -0.0991. The number of carbonyl (C=O) groups is 1. The van der Waals surface area contributed by atoms with Crippen LogP contribution in [0, 0.1) is 11.7 Å². The summed E-state index contributed by atoms with van der Waals surface area (Å²) in [5, 5.41) is 3.13. The monoisotopic (exact) mass is 391 g/mol. The maximum absolute atomic E-state index is 13.0. The molecule has 0 aromatic heterocycles. The molecule has 0 saturated carbocycles. The molecule has 0 bridgehead atoms. The molecule has 8 heteroatoms. The first-order valence-electron chi connectivity index (χ1n) is 8.71. The van der Waals surface area contributed by atoms with Crippen LogP contribution in [0.5, 0.6) is 0 Å². The summed E-state index contributed by atoms with van der Waals surface area (Å²) < 4.78 is 40.0. The minimum absolute atomic E-state index is 0.0308. The van der Waals surface area contributed by atoms with Crippen molar-refractivity contribution in [2.24, 2.45) is 5.92 Å². The lowest BCUT2D eigenvalue weighted by molar-refractivity contribution is 0.0787. The van der Waals surface area contributed by atoms with E-state index in [4.69, 9.17) is 0 Å². The predicted molar refractivity (Wildman–Crippen MR) is 102 cm³/mol. The fourth-order valence-electron chi connectivity index (χ4n) is 3.16. The Labute approximate surface area is 158 Å². The Kier molecular flexibility index (Phi) is 5.76. The topological polar surface area (TPSA) is 78.5 Å². The third-order valence-corrected chi connectivity index (χ3v) is 5.97. The number of likely N-dealkylation sites (tertiary alicyclic amines) is 1. The van der Waals surface area contributed by atoms with Crippen LogP contribution in [0.3, 0.4) is 0 Å². The van der Waals surface area contributed by atoms with Gasteiger partial charge in [-0.05, 0) is 74.5 Å². The standard InChI is InChI=1S/C19H22FN3O3S/c1-21-12-14-10-11-23(13-14)19(24)15-2-6-17(7-3-15)22-27(25,26)18-8-4-16(20)5-9-18/h2-9,14,21-22H,10-13H2,1H3. The number of carbonyl (C=O) groups excluding carboxylic acids is 1. The van der Waals surface area contributed by atoms with Gasteiger partial charge in [0.05, 0.1) is 4.90 Å². The molecule has 1 fully saturated rings. The van der Waals surface area contributed by atoms with Crippen LogP contribution in [0.1, 0.15) is 16.8 Å². The van der Waals surface area contributed by atoms with Crippen molar-refractivity contribution in [2.45, 2.75) is 11.3 Å². The van der Waals surface area contributed by atoms with E-state index < -0.39 is 15.8 Å². The van der Waals surface area contributed by atoms with Crippen LogP contribution in [0.15, 0.2) is 53.4 Å². The Morgan fingerprint density at radius 3 is 2.44 bits per heavy atom. The molecule has 0 spiro atoms. The van der Waals surface area contributed by atoms with Gasteiger partial charge in [0.25, 0.3) is 15.9 Å². The molecule has 3 rings (SSSR count). The van der Waals surface area contributed by atoms with Gasteiger partial charge >= 0.3 is 0 Å². The summed E-state index contributed by atoms with van der Waals surface area (Å²) in [6.45, 7) is 2.33. The van der Waals surface area contributed by atoms with Crippen molar-refractivity contribution in [3.63, 3.8) is 0 Å². The van der Waals surface area contributed by atoms with Crippen molar-refractivity contribution < 1.29 is 17.6 Å². The summed E-state index contributed by atoms with van der Waals surface area (Å²) in [4.78, 5) is 14.4. The highest BCUT2D eigenvalue weighted by Crippen LogP contribution is 2.21. The van der Waals surface area contributed by atoms with Crippen LogP contribution in [0.25, 0.3) is 0 Å². The minimum atomic E-state index is -3.81. The molecule has 0 radical (unpaired) electrons. The molecular formula is C19H22FN3O3S. The van der Waals surface area contributed by atoms with Gasteiger partial charge in [-0.15, -0.1) is 0 Å². The minimum Gasteiger partial charge on any atom is -0.338 e. The number of nitrogens with zero attached hydrogens (tertiary/aromatic N) is 1. The molecule has 1 unspecified atom stereocenters. The number of hydrogen-bond acceptors (Lipinski definition) is 4. The van der Waals surface area contributed by atoms with E-state index in [0.717, 1.165) is 38.2 Å². The van der Waals surface area contributed by atoms with Crippen molar-refractivity contribution >= 4 is 21.6 Å². The van der Waals surface area contributed by atoms with Gasteiger partial charge < -0.3 is 10.2 Å². The zero-order valence-corrected chi connectivity index (χ0v) is 15.8. The number of amides is 1. The molecule has 1 atom stereocenters. The third-order valence-electron chi connectivity index (χ3n) is 4.57. The number of rotatable bonds is 6. The summed E-state index contributed by atoms with van der Waals surface area (Å²) in [6, 6.07) is 10.9. The number of hydrogen-bond donors (Lipinski definition) is 2. The van der Waals surface area contributed by atoms with Gasteiger partial charge in [0.2, 0.25) is 0 Å². The average Bonchev–Trinajstić information content (AvgIpc) is 3.11. The number of sulfonamides is 1. The van der Waals surface area contributed by atoms with E-state index in [-0.39, 0.29) is 10.8 Å². The van der Waals surface area contributed by atoms with Crippen molar-refractivity contribution in [1.29, 1.82) is 0 Å². The largest absolute Gasteiger partial charge is 0.338 e. The molecule has 2 aromatic rings. The normalized spacial score (nSPS) is 17.1. The van der Waals surface area contributed by atoms with Gasteiger partial charge in [0.15, 0.2) is 0 Å². The lowest BCUT2D eigenvalue weighted by Gasteiger charge is -2.17. The van der Waals surface area contributed by atoms with E-state index in [9.17, 15) is 17.6 Å². The molecule has 2 aromatic carbocycles. The lowest BCUT2D eigenvalue weighted by atomic mass is 10.1. The van der Waals surface area contributed by atoms with E-state index in [0.29, 0.717) is 17.2 Å². The predicted octanol–water partition coefficient (Wildman–Crippen LogP) is 2.31. The van der Waals surface area contributed by atoms with Gasteiger partial charge in [-0.2, -0.15) is 0 Å². The summed E-state index contributed by atoms with van der Waals surface area (Å²) in [6.07, 6.45) is 0.974. The molecular weight excluding hydrogens is 369 g/mol. The molecule has 1 aliphatic heterocycles.